The van der Waals surface area contributed by atoms with Crippen LogP contribution in [-0.2, 0) is 0 Å². The molecule has 0 aliphatic carbocycles. The molecule has 1 heterocycles. The number of aromatic amines is 1. The molecule has 5 heteroatoms. The van der Waals surface area contributed by atoms with Gasteiger partial charge in [0, 0.05) is 5.56 Å². The van der Waals surface area contributed by atoms with Gasteiger partial charge >= 0.3 is 0 Å². The zero-order valence-electron chi connectivity index (χ0n) is 11.2. The molecule has 0 bridgehead atoms. The molecule has 5 nitrogen and oxygen atoms in total. The highest BCUT2D eigenvalue weighted by atomic mass is 16.5. The summed E-state index contributed by atoms with van der Waals surface area (Å²) in [6.07, 6.45) is 1.68. The van der Waals surface area contributed by atoms with Crippen LogP contribution in [0, 0.1) is 0 Å². The first-order chi connectivity index (χ1) is 8.76. The fourth-order valence-electron chi connectivity index (χ4n) is 1.53. The number of ether oxygens (including phenoxy) is 2. The first-order valence-electron chi connectivity index (χ1n) is 5.77. The number of nitrogen functional groups attached to an aromatic ring is 1. The Labute approximate surface area is 107 Å². The van der Waals surface area contributed by atoms with Gasteiger partial charge in [-0.2, -0.15) is 5.10 Å². The monoisotopic (exact) mass is 249 g/mol. The van der Waals surface area contributed by atoms with Crippen LogP contribution in [0.25, 0.3) is 11.1 Å². The van der Waals surface area contributed by atoms with E-state index in [9.17, 15) is 0 Å². The Kier molecular flexibility index (Phi) is 5.05. The van der Waals surface area contributed by atoms with Crippen molar-refractivity contribution < 1.29 is 9.47 Å². The number of anilines is 1. The summed E-state index contributed by atoms with van der Waals surface area (Å²) in [6, 6.07) is 5.60. The molecule has 1 aromatic heterocycles. The third kappa shape index (κ3) is 2.74. The predicted octanol–water partition coefficient (Wildman–Crippen LogP) is 2.70. The topological polar surface area (TPSA) is 73.2 Å². The Balaban J connectivity index is 0.000000771. The second-order valence-corrected chi connectivity index (χ2v) is 3.27. The minimum Gasteiger partial charge on any atom is -0.493 e. The molecule has 18 heavy (non-hydrogen) atoms. The van der Waals surface area contributed by atoms with Crippen molar-refractivity contribution in [1.82, 2.24) is 10.2 Å². The molecular weight excluding hydrogens is 230 g/mol. The van der Waals surface area contributed by atoms with Crippen molar-refractivity contribution in [2.24, 2.45) is 0 Å². The van der Waals surface area contributed by atoms with E-state index in [1.807, 2.05) is 32.0 Å². The SMILES string of the molecule is CC.COc1ccc(-c2cn[nH]c2N)cc1OC. The van der Waals surface area contributed by atoms with Crippen LogP contribution in [-0.4, -0.2) is 24.4 Å². The second kappa shape index (κ2) is 6.54. The molecule has 0 atom stereocenters. The molecule has 0 saturated heterocycles. The largest absolute Gasteiger partial charge is 0.493 e. The van der Waals surface area contributed by atoms with E-state index in [0.717, 1.165) is 11.1 Å². The fraction of sp³-hybridized carbons (Fsp3) is 0.308. The maximum absolute atomic E-state index is 5.74. The maximum Gasteiger partial charge on any atom is 0.161 e. The number of nitrogens with two attached hydrogens (primary N) is 1. The molecule has 98 valence electrons. The van der Waals surface area contributed by atoms with Crippen LogP contribution >= 0.6 is 0 Å². The number of aromatic nitrogens is 2. The van der Waals surface area contributed by atoms with E-state index in [4.69, 9.17) is 15.2 Å². The molecule has 0 saturated carbocycles. The van der Waals surface area contributed by atoms with Crippen molar-refractivity contribution >= 4 is 5.82 Å². The van der Waals surface area contributed by atoms with Crippen LogP contribution in [0.3, 0.4) is 0 Å². The van der Waals surface area contributed by atoms with Crippen LogP contribution in [0.1, 0.15) is 13.8 Å². The van der Waals surface area contributed by atoms with Crippen molar-refractivity contribution in [1.29, 1.82) is 0 Å². The predicted molar refractivity (Wildman–Crippen MR) is 72.9 cm³/mol. The van der Waals surface area contributed by atoms with Crippen LogP contribution in [0.15, 0.2) is 24.4 Å². The average molecular weight is 249 g/mol. The zero-order chi connectivity index (χ0) is 13.5. The molecule has 2 rings (SSSR count). The lowest BCUT2D eigenvalue weighted by molar-refractivity contribution is 0.355. The third-order valence-electron chi connectivity index (χ3n) is 2.36. The first-order valence-corrected chi connectivity index (χ1v) is 5.77. The molecule has 3 N–H and O–H groups in total. The number of H-pyrrole nitrogens is 1. The summed E-state index contributed by atoms with van der Waals surface area (Å²) in [5, 5.41) is 6.56. The second-order valence-electron chi connectivity index (χ2n) is 3.27. The Morgan fingerprint density at radius 3 is 2.28 bits per heavy atom. The van der Waals surface area contributed by atoms with Crippen molar-refractivity contribution in [3.63, 3.8) is 0 Å². The molecule has 0 unspecified atom stereocenters. The standard InChI is InChI=1S/C11H13N3O2.C2H6/c1-15-9-4-3-7(5-10(9)16-2)8-6-13-14-11(8)12;1-2/h3-6H,1-2H3,(H3,12,13,14);1-2H3. The zero-order valence-corrected chi connectivity index (χ0v) is 11.2. The van der Waals surface area contributed by atoms with E-state index in [-0.39, 0.29) is 0 Å². The summed E-state index contributed by atoms with van der Waals surface area (Å²) < 4.78 is 10.4. The molecule has 1 aromatic carbocycles. The lowest BCUT2D eigenvalue weighted by Crippen LogP contribution is -1.92. The van der Waals surface area contributed by atoms with E-state index < -0.39 is 0 Å². The highest BCUT2D eigenvalue weighted by molar-refractivity contribution is 5.74. The highest BCUT2D eigenvalue weighted by Gasteiger charge is 2.09. The number of hydrogen-bond acceptors (Lipinski definition) is 4. The van der Waals surface area contributed by atoms with Crippen LogP contribution in [0.4, 0.5) is 5.82 Å². The summed E-state index contributed by atoms with van der Waals surface area (Å²) in [5.74, 6) is 1.89. The summed E-state index contributed by atoms with van der Waals surface area (Å²) in [5.41, 5.74) is 7.53. The van der Waals surface area contributed by atoms with Crippen LogP contribution in [0.2, 0.25) is 0 Å². The van der Waals surface area contributed by atoms with Crippen molar-refractivity contribution in [3.8, 4) is 22.6 Å². The van der Waals surface area contributed by atoms with Gasteiger partial charge in [-0.05, 0) is 17.7 Å². The summed E-state index contributed by atoms with van der Waals surface area (Å²) in [4.78, 5) is 0. The Morgan fingerprint density at radius 2 is 1.78 bits per heavy atom. The van der Waals surface area contributed by atoms with E-state index in [0.29, 0.717) is 17.3 Å². The van der Waals surface area contributed by atoms with Gasteiger partial charge < -0.3 is 15.2 Å². The van der Waals surface area contributed by atoms with Gasteiger partial charge in [0.2, 0.25) is 0 Å². The Morgan fingerprint density at radius 1 is 1.11 bits per heavy atom. The van der Waals surface area contributed by atoms with Crippen molar-refractivity contribution in [2.45, 2.75) is 13.8 Å². The van der Waals surface area contributed by atoms with Crippen molar-refractivity contribution in [2.75, 3.05) is 20.0 Å². The fourth-order valence-corrected chi connectivity index (χ4v) is 1.53. The molecule has 0 amide bonds. The van der Waals surface area contributed by atoms with Crippen LogP contribution < -0.4 is 15.2 Å². The van der Waals surface area contributed by atoms with Gasteiger partial charge in [-0.15, -0.1) is 0 Å². The Hall–Kier alpha value is -2.17. The number of nitrogens with one attached hydrogen (secondary N) is 1. The molecular formula is C13H19N3O2. The molecule has 0 radical (unpaired) electrons. The molecule has 0 spiro atoms. The summed E-state index contributed by atoms with van der Waals surface area (Å²) in [7, 11) is 3.20. The van der Waals surface area contributed by atoms with Gasteiger partial charge in [-0.3, -0.25) is 5.10 Å². The van der Waals surface area contributed by atoms with Gasteiger partial charge in [0.25, 0.3) is 0 Å². The average Bonchev–Trinajstić information content (AvgIpc) is 2.86. The smallest absolute Gasteiger partial charge is 0.161 e. The number of benzene rings is 1. The van der Waals surface area contributed by atoms with E-state index in [2.05, 4.69) is 10.2 Å². The third-order valence-corrected chi connectivity index (χ3v) is 2.36. The van der Waals surface area contributed by atoms with Gasteiger partial charge in [0.1, 0.15) is 5.82 Å². The normalized spacial score (nSPS) is 9.33. The van der Waals surface area contributed by atoms with Crippen LogP contribution in [0.5, 0.6) is 11.5 Å². The molecule has 0 aliphatic heterocycles. The van der Waals surface area contributed by atoms with E-state index >= 15 is 0 Å². The minimum absolute atomic E-state index is 0.534. The molecule has 0 fully saturated rings. The number of hydrogen-bond donors (Lipinski definition) is 2. The first kappa shape index (κ1) is 13.9. The quantitative estimate of drug-likeness (QED) is 0.877. The molecule has 2 aromatic rings. The lowest BCUT2D eigenvalue weighted by Gasteiger charge is -2.08. The molecule has 0 aliphatic rings. The van der Waals surface area contributed by atoms with Crippen molar-refractivity contribution in [3.05, 3.63) is 24.4 Å². The van der Waals surface area contributed by atoms with E-state index in [1.165, 1.54) is 0 Å². The Bertz CT molecular complexity index is 495. The summed E-state index contributed by atoms with van der Waals surface area (Å²) >= 11 is 0. The van der Waals surface area contributed by atoms with E-state index in [1.54, 1.807) is 20.4 Å². The summed E-state index contributed by atoms with van der Waals surface area (Å²) in [6.45, 7) is 4.00. The minimum atomic E-state index is 0.534. The highest BCUT2D eigenvalue weighted by Crippen LogP contribution is 2.33. The van der Waals surface area contributed by atoms with Gasteiger partial charge in [-0.25, -0.2) is 0 Å². The lowest BCUT2D eigenvalue weighted by atomic mass is 10.1. The number of methoxy groups -OCH3 is 2. The maximum atomic E-state index is 5.74. The van der Waals surface area contributed by atoms with Gasteiger partial charge in [0.05, 0.1) is 20.4 Å². The van der Waals surface area contributed by atoms with Gasteiger partial charge in [-0.1, -0.05) is 19.9 Å². The number of nitrogens with zero attached hydrogens (tertiary/aromatic N) is 1. The van der Waals surface area contributed by atoms with Gasteiger partial charge in [0.15, 0.2) is 11.5 Å². The number of rotatable bonds is 3.